The van der Waals surface area contributed by atoms with Gasteiger partial charge in [-0.15, -0.1) is 0 Å². The standard InChI is InChI=1S/C26H40N4O6/c1-16-15-17(11-13-20(16)31)22(23(33)28-18-9-7-6-8-10-18)30(5)24(34)19(12-14-21(27)32)29-25(35)36-26(2,3)4/h11,13,15,18-19,22,31H,6-10,12,14H2,1-5H3,(H2,27,32)(H,28,33)(H,29,35). The van der Waals surface area contributed by atoms with Gasteiger partial charge in [-0.3, -0.25) is 14.4 Å². The molecule has 1 saturated carbocycles. The van der Waals surface area contributed by atoms with E-state index in [1.165, 1.54) is 18.0 Å². The summed E-state index contributed by atoms with van der Waals surface area (Å²) in [7, 11) is 1.48. The first-order valence-corrected chi connectivity index (χ1v) is 12.4. The number of aryl methyl sites for hydroxylation is 1. The zero-order valence-electron chi connectivity index (χ0n) is 21.9. The average Bonchev–Trinajstić information content (AvgIpc) is 2.78. The smallest absolute Gasteiger partial charge is 0.408 e. The van der Waals surface area contributed by atoms with Gasteiger partial charge in [0.05, 0.1) is 0 Å². The van der Waals surface area contributed by atoms with E-state index in [0.29, 0.717) is 11.1 Å². The van der Waals surface area contributed by atoms with Crippen LogP contribution in [-0.2, 0) is 19.1 Å². The number of alkyl carbamates (subject to hydrolysis) is 1. The third kappa shape index (κ3) is 8.73. The molecule has 1 fully saturated rings. The molecule has 2 rings (SSSR count). The fourth-order valence-corrected chi connectivity index (χ4v) is 4.29. The molecule has 0 bridgehead atoms. The third-order valence-corrected chi connectivity index (χ3v) is 6.14. The number of primary amides is 1. The van der Waals surface area contributed by atoms with Crippen LogP contribution in [0.4, 0.5) is 4.79 Å². The number of phenolic OH excluding ortho intramolecular Hbond substituents is 1. The van der Waals surface area contributed by atoms with E-state index in [1.807, 2.05) is 0 Å². The average molecular weight is 505 g/mol. The van der Waals surface area contributed by atoms with Crippen LogP contribution in [0.2, 0.25) is 0 Å². The maximum absolute atomic E-state index is 13.6. The zero-order chi connectivity index (χ0) is 27.0. The molecule has 5 N–H and O–H groups in total. The lowest BCUT2D eigenvalue weighted by Gasteiger charge is -2.33. The first-order valence-electron chi connectivity index (χ1n) is 12.4. The van der Waals surface area contributed by atoms with Crippen molar-refractivity contribution in [3.63, 3.8) is 0 Å². The molecule has 0 spiro atoms. The fourth-order valence-electron chi connectivity index (χ4n) is 4.29. The number of rotatable bonds is 9. The van der Waals surface area contributed by atoms with Crippen LogP contribution in [0, 0.1) is 6.92 Å². The molecule has 1 aromatic rings. The third-order valence-electron chi connectivity index (χ3n) is 6.14. The highest BCUT2D eigenvalue weighted by atomic mass is 16.6. The lowest BCUT2D eigenvalue weighted by molar-refractivity contribution is -0.141. The molecule has 1 aliphatic carbocycles. The molecule has 10 nitrogen and oxygen atoms in total. The Hall–Kier alpha value is -3.30. The summed E-state index contributed by atoms with van der Waals surface area (Å²) < 4.78 is 5.28. The molecule has 1 aliphatic rings. The molecule has 0 aromatic heterocycles. The summed E-state index contributed by atoms with van der Waals surface area (Å²) in [5, 5.41) is 15.6. The second-order valence-electron chi connectivity index (χ2n) is 10.4. The molecule has 2 atom stereocenters. The molecule has 0 radical (unpaired) electrons. The Morgan fingerprint density at radius 1 is 1.17 bits per heavy atom. The van der Waals surface area contributed by atoms with Crippen LogP contribution in [0.25, 0.3) is 0 Å². The Morgan fingerprint density at radius 3 is 2.36 bits per heavy atom. The van der Waals surface area contributed by atoms with Crippen LogP contribution in [-0.4, -0.2) is 58.6 Å². The van der Waals surface area contributed by atoms with E-state index >= 15 is 0 Å². The van der Waals surface area contributed by atoms with Crippen LogP contribution in [0.5, 0.6) is 5.75 Å². The predicted molar refractivity (Wildman–Crippen MR) is 135 cm³/mol. The lowest BCUT2D eigenvalue weighted by Crippen LogP contribution is -2.52. The van der Waals surface area contributed by atoms with Crippen molar-refractivity contribution < 1.29 is 29.0 Å². The van der Waals surface area contributed by atoms with Gasteiger partial charge in [0, 0.05) is 19.5 Å². The van der Waals surface area contributed by atoms with Crippen molar-refractivity contribution >= 4 is 23.8 Å². The van der Waals surface area contributed by atoms with Crippen molar-refractivity contribution in [2.24, 2.45) is 5.73 Å². The molecular formula is C26H40N4O6. The number of ether oxygens (including phenoxy) is 1. The van der Waals surface area contributed by atoms with Gasteiger partial charge in [-0.25, -0.2) is 4.79 Å². The van der Waals surface area contributed by atoms with E-state index in [-0.39, 0.29) is 30.5 Å². The van der Waals surface area contributed by atoms with E-state index in [9.17, 15) is 24.3 Å². The minimum atomic E-state index is -1.14. The summed E-state index contributed by atoms with van der Waals surface area (Å²) in [6.45, 7) is 6.78. The van der Waals surface area contributed by atoms with Gasteiger partial charge in [0.2, 0.25) is 17.7 Å². The number of nitrogens with two attached hydrogens (primary N) is 1. The van der Waals surface area contributed by atoms with E-state index in [0.717, 1.165) is 32.1 Å². The van der Waals surface area contributed by atoms with E-state index in [2.05, 4.69) is 10.6 Å². The highest BCUT2D eigenvalue weighted by Crippen LogP contribution is 2.27. The van der Waals surface area contributed by atoms with Crippen LogP contribution in [0.1, 0.15) is 82.9 Å². The van der Waals surface area contributed by atoms with Gasteiger partial charge in [0.15, 0.2) is 0 Å². The van der Waals surface area contributed by atoms with Crippen molar-refractivity contribution in [2.45, 2.75) is 96.4 Å². The highest BCUT2D eigenvalue weighted by Gasteiger charge is 2.35. The minimum Gasteiger partial charge on any atom is -0.508 e. The van der Waals surface area contributed by atoms with Gasteiger partial charge in [0.25, 0.3) is 0 Å². The number of amides is 4. The maximum atomic E-state index is 13.6. The number of nitrogens with zero attached hydrogens (tertiary/aromatic N) is 1. The summed E-state index contributed by atoms with van der Waals surface area (Å²) in [5.74, 6) is -1.47. The van der Waals surface area contributed by atoms with Gasteiger partial charge in [-0.05, 0) is 70.2 Å². The molecule has 1 aromatic carbocycles. The molecule has 36 heavy (non-hydrogen) atoms. The quantitative estimate of drug-likeness (QED) is 0.406. The monoisotopic (exact) mass is 504 g/mol. The van der Waals surface area contributed by atoms with E-state index in [1.54, 1.807) is 39.8 Å². The molecular weight excluding hydrogens is 464 g/mol. The highest BCUT2D eigenvalue weighted by molar-refractivity contribution is 5.92. The van der Waals surface area contributed by atoms with Crippen LogP contribution < -0.4 is 16.4 Å². The van der Waals surface area contributed by atoms with Gasteiger partial charge < -0.3 is 31.1 Å². The minimum absolute atomic E-state index is 0.0148. The topological polar surface area (TPSA) is 151 Å². The molecule has 2 unspecified atom stereocenters. The van der Waals surface area contributed by atoms with Crippen molar-refractivity contribution in [2.75, 3.05) is 7.05 Å². The first kappa shape index (κ1) is 28.9. The molecule has 0 heterocycles. The van der Waals surface area contributed by atoms with Crippen LogP contribution >= 0.6 is 0 Å². The van der Waals surface area contributed by atoms with E-state index < -0.39 is 35.6 Å². The molecule has 10 heteroatoms. The SMILES string of the molecule is Cc1cc(C(C(=O)NC2CCCCC2)N(C)C(=O)C(CCC(N)=O)NC(=O)OC(C)(C)C)ccc1O. The van der Waals surface area contributed by atoms with Crippen molar-refractivity contribution in [3.8, 4) is 5.75 Å². The van der Waals surface area contributed by atoms with Gasteiger partial charge in [-0.2, -0.15) is 0 Å². The molecule has 200 valence electrons. The Balaban J connectivity index is 2.34. The number of likely N-dealkylation sites (N-methyl/N-ethyl adjacent to an activating group) is 1. The Labute approximate surface area is 212 Å². The summed E-state index contributed by atoms with van der Waals surface area (Å²) in [6, 6.07) is 2.59. The number of phenols is 1. The Bertz CT molecular complexity index is 952. The number of carbonyl (C=O) groups excluding carboxylic acids is 4. The van der Waals surface area contributed by atoms with Crippen LogP contribution in [0.3, 0.4) is 0 Å². The van der Waals surface area contributed by atoms with Crippen molar-refractivity contribution in [1.82, 2.24) is 15.5 Å². The maximum Gasteiger partial charge on any atom is 0.408 e. The van der Waals surface area contributed by atoms with Gasteiger partial charge in [-0.1, -0.05) is 25.3 Å². The van der Waals surface area contributed by atoms with Crippen molar-refractivity contribution in [3.05, 3.63) is 29.3 Å². The molecule has 0 aliphatic heterocycles. The summed E-state index contributed by atoms with van der Waals surface area (Å²) in [4.78, 5) is 52.2. The fraction of sp³-hybridized carbons (Fsp3) is 0.615. The first-order chi connectivity index (χ1) is 16.8. The molecule has 4 amide bonds. The molecule has 0 saturated heterocycles. The van der Waals surface area contributed by atoms with Gasteiger partial charge >= 0.3 is 6.09 Å². The number of hydrogen-bond donors (Lipinski definition) is 4. The zero-order valence-corrected chi connectivity index (χ0v) is 21.9. The number of hydrogen-bond acceptors (Lipinski definition) is 6. The summed E-state index contributed by atoms with van der Waals surface area (Å²) in [6.07, 6.45) is 3.90. The number of nitrogens with one attached hydrogen (secondary N) is 2. The second kappa shape index (κ2) is 12.6. The second-order valence-corrected chi connectivity index (χ2v) is 10.4. The van der Waals surface area contributed by atoms with Gasteiger partial charge in [0.1, 0.15) is 23.4 Å². The lowest BCUT2D eigenvalue weighted by atomic mass is 9.94. The predicted octanol–water partition coefficient (Wildman–Crippen LogP) is 2.81. The van der Waals surface area contributed by atoms with Crippen LogP contribution in [0.15, 0.2) is 18.2 Å². The van der Waals surface area contributed by atoms with E-state index in [4.69, 9.17) is 10.5 Å². The van der Waals surface area contributed by atoms with Crippen molar-refractivity contribution in [1.29, 1.82) is 0 Å². The number of aromatic hydroxyl groups is 1. The Kier molecular flexibility index (Phi) is 10.1. The number of benzene rings is 1. The number of carbonyl (C=O) groups is 4. The largest absolute Gasteiger partial charge is 0.508 e. The summed E-state index contributed by atoms with van der Waals surface area (Å²) in [5.41, 5.74) is 5.57. The summed E-state index contributed by atoms with van der Waals surface area (Å²) >= 11 is 0. The normalized spacial score (nSPS) is 15.9. The Morgan fingerprint density at radius 2 is 1.81 bits per heavy atom.